The number of rotatable bonds is 3. The Labute approximate surface area is 120 Å². The zero-order valence-corrected chi connectivity index (χ0v) is 11.7. The van der Waals surface area contributed by atoms with Crippen LogP contribution in [0.4, 0.5) is 0 Å². The van der Waals surface area contributed by atoms with Crippen molar-refractivity contribution < 1.29 is 9.21 Å². The average molecular weight is 304 g/mol. The first kappa shape index (κ1) is 12.8. The van der Waals surface area contributed by atoms with Gasteiger partial charge in [0.05, 0.1) is 21.0 Å². The van der Waals surface area contributed by atoms with Crippen molar-refractivity contribution in [2.24, 2.45) is 0 Å². The predicted octanol–water partition coefficient (Wildman–Crippen LogP) is 0.978. The molecule has 3 aromatic rings. The van der Waals surface area contributed by atoms with Gasteiger partial charge in [0.25, 0.3) is 5.56 Å². The molecule has 0 saturated heterocycles. The van der Waals surface area contributed by atoms with Crippen molar-refractivity contribution in [1.29, 1.82) is 0 Å². The number of hydrogen-bond acceptors (Lipinski definition) is 6. The van der Waals surface area contributed by atoms with Crippen molar-refractivity contribution in [3.05, 3.63) is 60.3 Å². The van der Waals surface area contributed by atoms with Crippen LogP contribution in [0.15, 0.2) is 39.3 Å². The number of thiazole rings is 2. The van der Waals surface area contributed by atoms with Crippen molar-refractivity contribution in [2.75, 3.05) is 0 Å². The number of Topliss-reactive ketones (excluding diaryl/α,β-unsaturated/α-hetero) is 1. The number of aromatic nitrogens is 2. The Bertz CT molecular complexity index is 886. The third-order valence-corrected chi connectivity index (χ3v) is 4.12. The van der Waals surface area contributed by atoms with Gasteiger partial charge in [0.2, 0.25) is 5.78 Å². The summed E-state index contributed by atoms with van der Waals surface area (Å²) in [6.07, 6.45) is 6.22. The maximum Gasteiger partial charge on any atom is 0.266 e. The fraction of sp³-hybridized carbons (Fsp3) is 0. The van der Waals surface area contributed by atoms with Crippen molar-refractivity contribution >= 4 is 40.6 Å². The molecule has 0 bridgehead atoms. The smallest absolute Gasteiger partial charge is 0.266 e. The highest BCUT2D eigenvalue weighted by Crippen LogP contribution is 2.05. The Hall–Kier alpha value is -2.25. The summed E-state index contributed by atoms with van der Waals surface area (Å²) < 4.78 is 6.03. The second kappa shape index (κ2) is 5.40. The van der Waals surface area contributed by atoms with E-state index in [1.807, 2.05) is 0 Å². The molecule has 0 saturated carbocycles. The molecule has 5 nitrogen and oxygen atoms in total. The van der Waals surface area contributed by atoms with E-state index in [0.29, 0.717) is 9.20 Å². The fourth-order valence-corrected chi connectivity index (χ4v) is 3.06. The van der Waals surface area contributed by atoms with E-state index < -0.39 is 0 Å². The first-order chi connectivity index (χ1) is 9.72. The Morgan fingerprint density at radius 2 is 2.35 bits per heavy atom. The van der Waals surface area contributed by atoms with Gasteiger partial charge in [-0.25, -0.2) is 0 Å². The highest BCUT2D eigenvalue weighted by molar-refractivity contribution is 7.11. The van der Waals surface area contributed by atoms with Gasteiger partial charge < -0.3 is 9.40 Å². The summed E-state index contributed by atoms with van der Waals surface area (Å²) in [4.78, 5) is 31.1. The average Bonchev–Trinajstić information content (AvgIpc) is 3.14. The third-order valence-electron chi connectivity index (χ3n) is 2.43. The maximum atomic E-state index is 11.8. The van der Waals surface area contributed by atoms with Crippen molar-refractivity contribution in [1.82, 2.24) is 9.97 Å². The molecule has 0 fully saturated rings. The second-order valence-corrected chi connectivity index (χ2v) is 5.82. The first-order valence-corrected chi connectivity index (χ1v) is 7.31. The van der Waals surface area contributed by atoms with Crippen molar-refractivity contribution in [3.8, 4) is 0 Å². The van der Waals surface area contributed by atoms with E-state index >= 15 is 0 Å². The molecule has 1 N–H and O–H groups in total. The van der Waals surface area contributed by atoms with Gasteiger partial charge in [-0.1, -0.05) is 0 Å². The summed E-state index contributed by atoms with van der Waals surface area (Å²) in [5, 5.41) is 0. The van der Waals surface area contributed by atoms with E-state index in [1.165, 1.54) is 35.0 Å². The molecule has 0 atom stereocenters. The molecule has 0 spiro atoms. The van der Waals surface area contributed by atoms with Crippen molar-refractivity contribution in [3.63, 3.8) is 0 Å². The number of hydrogen-bond donors (Lipinski definition) is 1. The number of carbonyl (C=O) groups is 1. The third kappa shape index (κ3) is 2.68. The molecular formula is C13H8N2O3S2. The zero-order valence-electron chi connectivity index (χ0n) is 10.0. The molecule has 0 aliphatic rings. The molecule has 3 heterocycles. The van der Waals surface area contributed by atoms with Gasteiger partial charge in [0.1, 0.15) is 0 Å². The van der Waals surface area contributed by atoms with E-state index in [9.17, 15) is 9.59 Å². The molecule has 0 unspecified atom stereocenters. The van der Waals surface area contributed by atoms with Crippen LogP contribution in [0.1, 0.15) is 15.4 Å². The highest BCUT2D eigenvalue weighted by Gasteiger charge is 2.05. The van der Waals surface area contributed by atoms with Crippen LogP contribution in [0.5, 0.6) is 0 Å². The van der Waals surface area contributed by atoms with E-state index in [0.717, 1.165) is 4.88 Å². The van der Waals surface area contributed by atoms with E-state index in [2.05, 4.69) is 9.97 Å². The lowest BCUT2D eigenvalue weighted by Crippen LogP contribution is -2.19. The number of H-pyrrole nitrogens is 1. The Kier molecular flexibility index (Phi) is 3.44. The summed E-state index contributed by atoms with van der Waals surface area (Å²) in [6.45, 7) is 0. The lowest BCUT2D eigenvalue weighted by Gasteiger charge is -1.84. The van der Waals surface area contributed by atoms with Gasteiger partial charge in [0.15, 0.2) is 5.76 Å². The molecule has 0 aromatic carbocycles. The van der Waals surface area contributed by atoms with E-state index in [-0.39, 0.29) is 17.1 Å². The van der Waals surface area contributed by atoms with Gasteiger partial charge >= 0.3 is 0 Å². The van der Waals surface area contributed by atoms with Crippen molar-refractivity contribution in [2.45, 2.75) is 0 Å². The van der Waals surface area contributed by atoms with Crippen LogP contribution in [-0.2, 0) is 0 Å². The minimum atomic E-state index is -0.281. The number of furan rings is 1. The van der Waals surface area contributed by atoms with Crippen LogP contribution < -0.4 is 14.8 Å². The Balaban J connectivity index is 2.01. The topological polar surface area (TPSA) is 76.0 Å². The molecule has 0 amide bonds. The lowest BCUT2D eigenvalue weighted by atomic mass is 10.3. The molecule has 3 rings (SSSR count). The molecule has 0 aliphatic carbocycles. The first-order valence-electron chi connectivity index (χ1n) is 5.61. The monoisotopic (exact) mass is 304 g/mol. The van der Waals surface area contributed by atoms with Crippen LogP contribution >= 0.6 is 22.7 Å². The zero-order chi connectivity index (χ0) is 13.9. The molecule has 7 heteroatoms. The van der Waals surface area contributed by atoms with Gasteiger partial charge in [-0.15, -0.1) is 22.7 Å². The van der Waals surface area contributed by atoms with Crippen LogP contribution in [0.25, 0.3) is 12.2 Å². The summed E-state index contributed by atoms with van der Waals surface area (Å²) >= 11 is 2.66. The number of nitrogens with one attached hydrogen (secondary N) is 1. The van der Waals surface area contributed by atoms with Gasteiger partial charge in [0, 0.05) is 17.2 Å². The van der Waals surface area contributed by atoms with Gasteiger partial charge in [-0.2, -0.15) is 0 Å². The molecule has 3 aromatic heterocycles. The minimum Gasteiger partial charge on any atom is -0.461 e. The molecule has 100 valence electrons. The number of carbonyl (C=O) groups excluding carboxylic acids is 1. The van der Waals surface area contributed by atoms with Crippen LogP contribution in [0, 0.1) is 0 Å². The standard InChI is InChI=1S/C13H8N2O3S2/c16-9(10-2-1-3-18-10)5-12-15-13(17)11(20-12)4-8-6-14-7-19-8/h1-7H,(H,15,17)/b11-4-,12-5-. The summed E-state index contributed by atoms with van der Waals surface area (Å²) in [6, 6.07) is 3.22. The summed E-state index contributed by atoms with van der Waals surface area (Å²) in [7, 11) is 0. The molecule has 20 heavy (non-hydrogen) atoms. The Morgan fingerprint density at radius 3 is 3.05 bits per heavy atom. The lowest BCUT2D eigenvalue weighted by molar-refractivity contribution is 0.103. The van der Waals surface area contributed by atoms with E-state index in [1.54, 1.807) is 29.9 Å². The van der Waals surface area contributed by atoms with Gasteiger partial charge in [-0.3, -0.25) is 14.6 Å². The highest BCUT2D eigenvalue weighted by atomic mass is 32.1. The second-order valence-electron chi connectivity index (χ2n) is 3.82. The number of ketones is 1. The summed E-state index contributed by atoms with van der Waals surface area (Å²) in [5.74, 6) is -0.0379. The predicted molar refractivity (Wildman–Crippen MR) is 77.4 cm³/mol. The Morgan fingerprint density at radius 1 is 1.45 bits per heavy atom. The number of aromatic amines is 1. The largest absolute Gasteiger partial charge is 0.461 e. The van der Waals surface area contributed by atoms with Crippen LogP contribution in [0.3, 0.4) is 0 Å². The number of nitrogens with zero attached hydrogens (tertiary/aromatic N) is 1. The SMILES string of the molecule is O=C(/C=c1/[nH]c(=O)/c(=C/c2cncs2)s1)c1ccco1. The normalized spacial score (nSPS) is 13.0. The minimum absolute atomic E-state index is 0.220. The van der Waals surface area contributed by atoms with Crippen LogP contribution in [0.2, 0.25) is 0 Å². The van der Waals surface area contributed by atoms with Gasteiger partial charge in [-0.05, 0) is 18.2 Å². The molecule has 0 radical (unpaired) electrons. The maximum absolute atomic E-state index is 11.8. The molecular weight excluding hydrogens is 296 g/mol. The van der Waals surface area contributed by atoms with E-state index in [4.69, 9.17) is 4.42 Å². The summed E-state index contributed by atoms with van der Waals surface area (Å²) in [5.41, 5.74) is 1.48. The molecule has 0 aliphatic heterocycles. The fourth-order valence-electron chi connectivity index (χ4n) is 1.56. The quantitative estimate of drug-likeness (QED) is 0.732. The van der Waals surface area contributed by atoms with Crippen LogP contribution in [-0.4, -0.2) is 15.8 Å².